The molecule has 0 N–H and O–H groups in total. The van der Waals surface area contributed by atoms with Crippen molar-refractivity contribution in [2.45, 2.75) is 32.3 Å². The fourth-order valence-electron chi connectivity index (χ4n) is 3.00. The Labute approximate surface area is 136 Å². The number of piperidine rings is 1. The van der Waals surface area contributed by atoms with Crippen molar-refractivity contribution in [1.29, 1.82) is 5.26 Å². The first kappa shape index (κ1) is 15.4. The van der Waals surface area contributed by atoms with Crippen molar-refractivity contribution in [3.8, 4) is 11.8 Å². The van der Waals surface area contributed by atoms with Crippen LogP contribution in [0.3, 0.4) is 0 Å². The molecule has 2 heterocycles. The molecule has 1 unspecified atom stereocenters. The molecule has 0 aromatic heterocycles. The molecule has 1 amide bonds. The third kappa shape index (κ3) is 3.29. The summed E-state index contributed by atoms with van der Waals surface area (Å²) in [6, 6.07) is 9.83. The van der Waals surface area contributed by atoms with Crippen molar-refractivity contribution in [2.75, 3.05) is 13.1 Å². The highest BCUT2D eigenvalue weighted by molar-refractivity contribution is 5.98. The first-order valence-corrected chi connectivity index (χ1v) is 8.07. The van der Waals surface area contributed by atoms with Gasteiger partial charge in [-0.3, -0.25) is 4.79 Å². The van der Waals surface area contributed by atoms with Crippen LogP contribution in [0.1, 0.15) is 31.7 Å². The first-order chi connectivity index (χ1) is 11.2. The van der Waals surface area contributed by atoms with Crippen LogP contribution in [0.2, 0.25) is 0 Å². The zero-order valence-electron chi connectivity index (χ0n) is 13.3. The number of carbonyl (C=O) groups is 1. The van der Waals surface area contributed by atoms with Gasteiger partial charge >= 0.3 is 0 Å². The average molecular weight is 308 g/mol. The summed E-state index contributed by atoms with van der Waals surface area (Å²) >= 11 is 0. The number of ether oxygens (including phenoxy) is 1. The molecular formula is C19H20N2O2. The monoisotopic (exact) mass is 308 g/mol. The number of carbonyl (C=O) groups excluding carboxylic acids is 1. The van der Waals surface area contributed by atoms with Crippen LogP contribution in [0.4, 0.5) is 0 Å². The molecular weight excluding hydrogens is 288 g/mol. The van der Waals surface area contributed by atoms with Gasteiger partial charge in [-0.1, -0.05) is 18.2 Å². The van der Waals surface area contributed by atoms with E-state index in [0.717, 1.165) is 49.2 Å². The number of nitriles is 1. The van der Waals surface area contributed by atoms with Crippen LogP contribution in [0.25, 0.3) is 6.08 Å². The third-order valence-electron chi connectivity index (χ3n) is 4.32. The van der Waals surface area contributed by atoms with Gasteiger partial charge in [-0.2, -0.15) is 5.26 Å². The summed E-state index contributed by atoms with van der Waals surface area (Å²) in [5.41, 5.74) is 2.01. The van der Waals surface area contributed by atoms with Crippen LogP contribution in [-0.2, 0) is 4.79 Å². The molecule has 0 saturated carbocycles. The number of nitrogens with zero attached hydrogens (tertiary/aromatic N) is 2. The Morgan fingerprint density at radius 1 is 1.30 bits per heavy atom. The molecule has 0 spiro atoms. The lowest BCUT2D eigenvalue weighted by molar-refractivity contribution is -0.127. The molecule has 4 heteroatoms. The van der Waals surface area contributed by atoms with Gasteiger partial charge in [0.25, 0.3) is 5.91 Å². The maximum absolute atomic E-state index is 12.5. The maximum Gasteiger partial charge on any atom is 0.264 e. The summed E-state index contributed by atoms with van der Waals surface area (Å²) in [6.45, 7) is 3.41. The molecule has 2 aliphatic heterocycles. The van der Waals surface area contributed by atoms with Crippen molar-refractivity contribution >= 4 is 12.0 Å². The standard InChI is InChI=1S/C19H20N2O2/c1-14-16(11-15-7-3-4-8-18(15)23-14)12-17(13-20)19(22)21-9-5-2-6-10-21/h3-4,7-8,11-12,14H,2,5-6,9-10H2,1H3/b17-12+. The SMILES string of the molecule is CC1Oc2ccccc2C=C1/C=C(\C#N)C(=O)N1CCCCC1. The molecule has 2 aliphatic rings. The second kappa shape index (κ2) is 6.70. The summed E-state index contributed by atoms with van der Waals surface area (Å²) in [6.07, 6.45) is 6.67. The van der Waals surface area contributed by atoms with Crippen LogP contribution < -0.4 is 4.74 Å². The van der Waals surface area contributed by atoms with E-state index in [2.05, 4.69) is 6.07 Å². The Morgan fingerprint density at radius 2 is 2.04 bits per heavy atom. The summed E-state index contributed by atoms with van der Waals surface area (Å²) < 4.78 is 5.87. The maximum atomic E-state index is 12.5. The van der Waals surface area contributed by atoms with E-state index in [1.807, 2.05) is 37.3 Å². The molecule has 118 valence electrons. The number of amides is 1. The minimum atomic E-state index is -0.178. The molecule has 0 bridgehead atoms. The zero-order chi connectivity index (χ0) is 16.2. The molecule has 1 fully saturated rings. The Kier molecular flexibility index (Phi) is 4.47. The van der Waals surface area contributed by atoms with Crippen LogP contribution in [0.5, 0.6) is 5.75 Å². The molecule has 1 aromatic carbocycles. The fourth-order valence-corrected chi connectivity index (χ4v) is 3.00. The van der Waals surface area contributed by atoms with Gasteiger partial charge in [0, 0.05) is 18.7 Å². The number of benzene rings is 1. The van der Waals surface area contributed by atoms with Gasteiger partial charge in [-0.05, 0) is 50.0 Å². The minimum Gasteiger partial charge on any atom is -0.485 e. The van der Waals surface area contributed by atoms with E-state index in [4.69, 9.17) is 4.74 Å². The van der Waals surface area contributed by atoms with Crippen LogP contribution >= 0.6 is 0 Å². The van der Waals surface area contributed by atoms with Crippen LogP contribution in [0.15, 0.2) is 41.5 Å². The number of para-hydroxylation sites is 1. The van der Waals surface area contributed by atoms with Crippen molar-refractivity contribution in [3.63, 3.8) is 0 Å². The lowest BCUT2D eigenvalue weighted by atomic mass is 10.00. The molecule has 0 radical (unpaired) electrons. The van der Waals surface area contributed by atoms with Gasteiger partial charge in [0.1, 0.15) is 23.5 Å². The highest BCUT2D eigenvalue weighted by Crippen LogP contribution is 2.30. The topological polar surface area (TPSA) is 53.3 Å². The number of rotatable bonds is 2. The summed E-state index contributed by atoms with van der Waals surface area (Å²) in [4.78, 5) is 14.3. The second-order valence-electron chi connectivity index (χ2n) is 5.96. The highest BCUT2D eigenvalue weighted by Gasteiger charge is 2.23. The molecule has 1 saturated heterocycles. The molecule has 0 aliphatic carbocycles. The molecule has 4 nitrogen and oxygen atoms in total. The second-order valence-corrected chi connectivity index (χ2v) is 5.96. The Morgan fingerprint density at radius 3 is 2.78 bits per heavy atom. The number of fused-ring (bicyclic) bond motifs is 1. The smallest absolute Gasteiger partial charge is 0.264 e. The van der Waals surface area contributed by atoms with Gasteiger partial charge in [0.05, 0.1) is 0 Å². The van der Waals surface area contributed by atoms with Crippen molar-refractivity contribution in [3.05, 3.63) is 47.1 Å². The summed E-state index contributed by atoms with van der Waals surface area (Å²) in [5.74, 6) is 0.664. The largest absolute Gasteiger partial charge is 0.485 e. The Balaban J connectivity index is 1.87. The molecule has 1 aromatic rings. The zero-order valence-corrected chi connectivity index (χ0v) is 13.3. The van der Waals surface area contributed by atoms with Crippen LogP contribution in [0, 0.1) is 11.3 Å². The van der Waals surface area contributed by atoms with Crippen molar-refractivity contribution in [2.24, 2.45) is 0 Å². The van der Waals surface area contributed by atoms with Crippen molar-refractivity contribution < 1.29 is 9.53 Å². The van der Waals surface area contributed by atoms with E-state index < -0.39 is 0 Å². The van der Waals surface area contributed by atoms with Gasteiger partial charge in [-0.25, -0.2) is 0 Å². The van der Waals surface area contributed by atoms with E-state index in [1.165, 1.54) is 0 Å². The van der Waals surface area contributed by atoms with Gasteiger partial charge in [0.15, 0.2) is 0 Å². The number of hydrogen-bond acceptors (Lipinski definition) is 3. The van der Waals surface area contributed by atoms with Gasteiger partial charge < -0.3 is 9.64 Å². The highest BCUT2D eigenvalue weighted by atomic mass is 16.5. The van der Waals surface area contributed by atoms with Crippen molar-refractivity contribution in [1.82, 2.24) is 4.90 Å². The number of likely N-dealkylation sites (tertiary alicyclic amines) is 1. The lowest BCUT2D eigenvalue weighted by Gasteiger charge is -2.27. The molecule has 23 heavy (non-hydrogen) atoms. The van der Waals surface area contributed by atoms with E-state index in [-0.39, 0.29) is 17.6 Å². The summed E-state index contributed by atoms with van der Waals surface area (Å²) in [5, 5.41) is 9.41. The average Bonchev–Trinajstić information content (AvgIpc) is 2.60. The first-order valence-electron chi connectivity index (χ1n) is 8.07. The lowest BCUT2D eigenvalue weighted by Crippen LogP contribution is -2.36. The molecule has 3 rings (SSSR count). The quantitative estimate of drug-likeness (QED) is 0.622. The summed E-state index contributed by atoms with van der Waals surface area (Å²) in [7, 11) is 0. The predicted octanol–water partition coefficient (Wildman–Crippen LogP) is 3.31. The Hall–Kier alpha value is -2.54. The van der Waals surface area contributed by atoms with E-state index in [9.17, 15) is 10.1 Å². The number of hydrogen-bond donors (Lipinski definition) is 0. The molecule has 1 atom stereocenters. The Bertz CT molecular complexity index is 706. The van der Waals surface area contributed by atoms with E-state index in [1.54, 1.807) is 11.0 Å². The van der Waals surface area contributed by atoms with E-state index in [0.29, 0.717) is 0 Å². The van der Waals surface area contributed by atoms with Crippen LogP contribution in [-0.4, -0.2) is 30.0 Å². The normalized spacial score (nSPS) is 20.9. The minimum absolute atomic E-state index is 0.167. The van der Waals surface area contributed by atoms with E-state index >= 15 is 0 Å². The predicted molar refractivity (Wildman–Crippen MR) is 88.6 cm³/mol. The fraction of sp³-hybridized carbons (Fsp3) is 0.368. The third-order valence-corrected chi connectivity index (χ3v) is 4.32. The van der Waals surface area contributed by atoms with Gasteiger partial charge in [-0.15, -0.1) is 0 Å². The van der Waals surface area contributed by atoms with Gasteiger partial charge in [0.2, 0.25) is 0 Å².